The predicted molar refractivity (Wildman–Crippen MR) is 71.4 cm³/mol. The fourth-order valence-corrected chi connectivity index (χ4v) is 1.76. The van der Waals surface area contributed by atoms with E-state index in [1.807, 2.05) is 26.2 Å². The first-order valence-electron chi connectivity index (χ1n) is 5.64. The minimum Gasteiger partial charge on any atom is -0.366 e. The highest BCUT2D eigenvalue weighted by Crippen LogP contribution is 2.22. The van der Waals surface area contributed by atoms with Crippen LogP contribution in [0.15, 0.2) is 29.3 Å². The smallest absolute Gasteiger partial charge is 0.110 e. The maximum atomic E-state index is 4.73. The van der Waals surface area contributed by atoms with Gasteiger partial charge in [0.15, 0.2) is 0 Å². The average Bonchev–Trinajstić information content (AvgIpc) is 2.12. The Bertz CT molecular complexity index is 384. The summed E-state index contributed by atoms with van der Waals surface area (Å²) in [4.78, 5) is 6.82. The van der Waals surface area contributed by atoms with Gasteiger partial charge in [-0.15, -0.1) is 0 Å². The SMILES string of the molecule is Cc1cccc(N=C(N(C)C)C(C)(C)C)c1. The van der Waals surface area contributed by atoms with Crippen LogP contribution in [-0.4, -0.2) is 24.8 Å². The number of benzene rings is 1. The number of amidine groups is 1. The van der Waals surface area contributed by atoms with Gasteiger partial charge in [-0.3, -0.25) is 0 Å². The van der Waals surface area contributed by atoms with Crippen molar-refractivity contribution >= 4 is 11.5 Å². The third-order valence-corrected chi connectivity index (χ3v) is 2.33. The minimum atomic E-state index is 0.0627. The molecule has 0 aromatic heterocycles. The summed E-state index contributed by atoms with van der Waals surface area (Å²) in [5.74, 6) is 1.10. The Balaban J connectivity index is 3.13. The van der Waals surface area contributed by atoms with Crippen LogP contribution in [0.3, 0.4) is 0 Å². The monoisotopic (exact) mass is 218 g/mol. The van der Waals surface area contributed by atoms with E-state index < -0.39 is 0 Å². The van der Waals surface area contributed by atoms with Crippen molar-refractivity contribution in [3.05, 3.63) is 29.8 Å². The lowest BCUT2D eigenvalue weighted by atomic mass is 9.94. The summed E-state index contributed by atoms with van der Waals surface area (Å²) in [6.45, 7) is 8.64. The summed E-state index contributed by atoms with van der Waals surface area (Å²) in [5.41, 5.74) is 2.33. The molecule has 0 aliphatic rings. The van der Waals surface area contributed by atoms with Gasteiger partial charge in [-0.25, -0.2) is 4.99 Å². The van der Waals surface area contributed by atoms with Gasteiger partial charge >= 0.3 is 0 Å². The molecule has 1 aromatic rings. The molecule has 0 amide bonds. The second-order valence-electron chi connectivity index (χ2n) is 5.42. The van der Waals surface area contributed by atoms with Crippen molar-refractivity contribution in [3.8, 4) is 0 Å². The number of hydrogen-bond acceptors (Lipinski definition) is 1. The zero-order chi connectivity index (χ0) is 12.3. The number of aliphatic imine (C=N–C) groups is 1. The van der Waals surface area contributed by atoms with Crippen molar-refractivity contribution in [1.82, 2.24) is 4.90 Å². The molecule has 16 heavy (non-hydrogen) atoms. The Labute approximate surface area is 99.0 Å². The molecule has 0 saturated heterocycles. The molecule has 0 bridgehead atoms. The Kier molecular flexibility index (Phi) is 3.74. The maximum absolute atomic E-state index is 4.73. The van der Waals surface area contributed by atoms with E-state index in [0.717, 1.165) is 11.5 Å². The second-order valence-corrected chi connectivity index (χ2v) is 5.42. The van der Waals surface area contributed by atoms with E-state index in [-0.39, 0.29) is 5.41 Å². The van der Waals surface area contributed by atoms with Crippen LogP contribution in [0.4, 0.5) is 5.69 Å². The van der Waals surface area contributed by atoms with Crippen LogP contribution in [0.25, 0.3) is 0 Å². The van der Waals surface area contributed by atoms with Gasteiger partial charge in [0, 0.05) is 19.5 Å². The molecule has 1 aromatic carbocycles. The Morgan fingerprint density at radius 1 is 1.19 bits per heavy atom. The van der Waals surface area contributed by atoms with E-state index in [0.29, 0.717) is 0 Å². The van der Waals surface area contributed by atoms with Crippen molar-refractivity contribution < 1.29 is 0 Å². The minimum absolute atomic E-state index is 0.0627. The molecule has 0 aliphatic carbocycles. The zero-order valence-corrected chi connectivity index (χ0v) is 11.2. The predicted octanol–water partition coefficient (Wildman–Crippen LogP) is 3.63. The lowest BCUT2D eigenvalue weighted by molar-refractivity contribution is 0.481. The number of aryl methyl sites for hydroxylation is 1. The third-order valence-electron chi connectivity index (χ3n) is 2.33. The van der Waals surface area contributed by atoms with Crippen LogP contribution >= 0.6 is 0 Å². The van der Waals surface area contributed by atoms with Gasteiger partial charge < -0.3 is 4.90 Å². The van der Waals surface area contributed by atoms with E-state index >= 15 is 0 Å². The van der Waals surface area contributed by atoms with Crippen molar-refractivity contribution in [2.75, 3.05) is 14.1 Å². The summed E-state index contributed by atoms with van der Waals surface area (Å²) >= 11 is 0. The van der Waals surface area contributed by atoms with Crippen LogP contribution < -0.4 is 0 Å². The van der Waals surface area contributed by atoms with Gasteiger partial charge in [0.1, 0.15) is 5.84 Å². The summed E-state index contributed by atoms with van der Waals surface area (Å²) in [6, 6.07) is 8.28. The topological polar surface area (TPSA) is 15.6 Å². The molecule has 0 saturated carbocycles. The molecule has 2 heteroatoms. The van der Waals surface area contributed by atoms with Crippen LogP contribution in [0.1, 0.15) is 26.3 Å². The lowest BCUT2D eigenvalue weighted by Crippen LogP contribution is -2.33. The molecule has 0 N–H and O–H groups in total. The normalized spacial score (nSPS) is 12.8. The van der Waals surface area contributed by atoms with E-state index in [1.54, 1.807) is 0 Å². The largest absolute Gasteiger partial charge is 0.366 e. The quantitative estimate of drug-likeness (QED) is 0.519. The van der Waals surface area contributed by atoms with Crippen molar-refractivity contribution in [1.29, 1.82) is 0 Å². The zero-order valence-electron chi connectivity index (χ0n) is 11.2. The van der Waals surface area contributed by atoms with Gasteiger partial charge in [0.2, 0.25) is 0 Å². The van der Waals surface area contributed by atoms with Gasteiger partial charge in [-0.2, -0.15) is 0 Å². The van der Waals surface area contributed by atoms with Crippen LogP contribution in [0, 0.1) is 12.3 Å². The number of hydrogen-bond donors (Lipinski definition) is 0. The van der Waals surface area contributed by atoms with E-state index in [9.17, 15) is 0 Å². The van der Waals surface area contributed by atoms with Crippen LogP contribution in [0.2, 0.25) is 0 Å². The molecule has 0 unspecified atom stereocenters. The Hall–Kier alpha value is -1.31. The average molecular weight is 218 g/mol. The van der Waals surface area contributed by atoms with Gasteiger partial charge in [0.25, 0.3) is 0 Å². The number of nitrogens with zero attached hydrogens (tertiary/aromatic N) is 2. The van der Waals surface area contributed by atoms with Crippen molar-refractivity contribution in [2.45, 2.75) is 27.7 Å². The molecular formula is C14H22N2. The maximum Gasteiger partial charge on any atom is 0.110 e. The molecule has 2 nitrogen and oxygen atoms in total. The highest BCUT2D eigenvalue weighted by atomic mass is 15.1. The molecule has 1 rings (SSSR count). The molecule has 0 heterocycles. The molecule has 0 aliphatic heterocycles. The molecule has 0 fully saturated rings. The van der Waals surface area contributed by atoms with Crippen LogP contribution in [0.5, 0.6) is 0 Å². The van der Waals surface area contributed by atoms with Crippen molar-refractivity contribution in [2.24, 2.45) is 10.4 Å². The fourth-order valence-electron chi connectivity index (χ4n) is 1.76. The van der Waals surface area contributed by atoms with Crippen LogP contribution in [-0.2, 0) is 0 Å². The summed E-state index contributed by atoms with van der Waals surface area (Å²) in [5, 5.41) is 0. The Morgan fingerprint density at radius 2 is 1.81 bits per heavy atom. The molecule has 0 spiro atoms. The van der Waals surface area contributed by atoms with E-state index in [4.69, 9.17) is 4.99 Å². The lowest BCUT2D eigenvalue weighted by Gasteiger charge is -2.27. The molecule has 0 atom stereocenters. The summed E-state index contributed by atoms with van der Waals surface area (Å²) in [7, 11) is 4.08. The summed E-state index contributed by atoms with van der Waals surface area (Å²) in [6.07, 6.45) is 0. The second kappa shape index (κ2) is 4.69. The Morgan fingerprint density at radius 3 is 2.25 bits per heavy atom. The van der Waals surface area contributed by atoms with Crippen molar-refractivity contribution in [3.63, 3.8) is 0 Å². The first kappa shape index (κ1) is 12.8. The fraction of sp³-hybridized carbons (Fsp3) is 0.500. The molecule has 88 valence electrons. The first-order valence-corrected chi connectivity index (χ1v) is 5.64. The van der Waals surface area contributed by atoms with Gasteiger partial charge in [-0.05, 0) is 24.6 Å². The van der Waals surface area contributed by atoms with Gasteiger partial charge in [-0.1, -0.05) is 32.9 Å². The summed E-state index contributed by atoms with van der Waals surface area (Å²) < 4.78 is 0. The van der Waals surface area contributed by atoms with E-state index in [1.165, 1.54) is 5.56 Å². The number of rotatable bonds is 1. The first-order chi connectivity index (χ1) is 7.30. The molecule has 0 radical (unpaired) electrons. The highest BCUT2D eigenvalue weighted by molar-refractivity contribution is 5.89. The van der Waals surface area contributed by atoms with E-state index in [2.05, 4.69) is 44.7 Å². The van der Waals surface area contributed by atoms with Gasteiger partial charge in [0.05, 0.1) is 5.69 Å². The highest BCUT2D eigenvalue weighted by Gasteiger charge is 2.20. The third kappa shape index (κ3) is 3.37. The standard InChI is InChI=1S/C14H22N2/c1-11-8-7-9-12(10-11)15-13(16(5)6)14(2,3)4/h7-10H,1-6H3. The molecular weight excluding hydrogens is 196 g/mol.